The molecule has 0 aliphatic heterocycles. The van der Waals surface area contributed by atoms with Crippen LogP contribution >= 0.6 is 15.9 Å². The zero-order valence-electron chi connectivity index (χ0n) is 10.4. The molecule has 98 valence electrons. The van der Waals surface area contributed by atoms with Crippen molar-refractivity contribution in [3.8, 4) is 0 Å². The lowest BCUT2D eigenvalue weighted by atomic mass is 9.75. The molecule has 1 fully saturated rings. The van der Waals surface area contributed by atoms with Crippen LogP contribution in [0, 0.1) is 10.1 Å². The third-order valence-electron chi connectivity index (χ3n) is 3.89. The molecular formula is C13H17BrN2O2. The summed E-state index contributed by atoms with van der Waals surface area (Å²) < 4.78 is 0.801. The van der Waals surface area contributed by atoms with Crippen LogP contribution in [0.1, 0.15) is 38.2 Å². The summed E-state index contributed by atoms with van der Waals surface area (Å²) in [5.41, 5.74) is 1.49. The molecule has 2 rings (SSSR count). The summed E-state index contributed by atoms with van der Waals surface area (Å²) >= 11 is 3.40. The van der Waals surface area contributed by atoms with Crippen molar-refractivity contribution < 1.29 is 4.92 Å². The number of hydrogen-bond donors (Lipinski definition) is 1. The number of halogens is 1. The molecule has 0 spiro atoms. The molecule has 1 aliphatic rings. The van der Waals surface area contributed by atoms with Crippen molar-refractivity contribution in [3.05, 3.63) is 38.3 Å². The average Bonchev–Trinajstić information content (AvgIpc) is 2.29. The van der Waals surface area contributed by atoms with Crippen molar-refractivity contribution in [2.45, 2.75) is 44.7 Å². The minimum atomic E-state index is -0.374. The molecule has 1 saturated carbocycles. The van der Waals surface area contributed by atoms with Crippen molar-refractivity contribution in [2.24, 2.45) is 0 Å². The second-order valence-electron chi connectivity index (χ2n) is 4.87. The number of nitro groups is 1. The molecular weight excluding hydrogens is 296 g/mol. The first kappa shape index (κ1) is 13.5. The quantitative estimate of drug-likeness (QED) is 0.665. The predicted octanol–water partition coefficient (Wildman–Crippen LogP) is 3.78. The molecule has 1 aromatic rings. The van der Waals surface area contributed by atoms with E-state index in [0.717, 1.165) is 23.0 Å². The van der Waals surface area contributed by atoms with Crippen LogP contribution in [0.5, 0.6) is 0 Å². The number of non-ortho nitro benzene ring substituents is 1. The van der Waals surface area contributed by atoms with Gasteiger partial charge in [0.05, 0.1) is 4.92 Å². The maximum absolute atomic E-state index is 10.7. The molecule has 0 saturated heterocycles. The number of nitrogens with one attached hydrogen (secondary N) is 1. The van der Waals surface area contributed by atoms with E-state index in [2.05, 4.69) is 28.2 Å². The molecule has 0 heterocycles. The van der Waals surface area contributed by atoms with Crippen LogP contribution < -0.4 is 5.32 Å². The highest BCUT2D eigenvalue weighted by Gasteiger charge is 2.34. The molecule has 0 amide bonds. The third kappa shape index (κ3) is 2.72. The highest BCUT2D eigenvalue weighted by atomic mass is 79.9. The van der Waals surface area contributed by atoms with Gasteiger partial charge in [0.2, 0.25) is 0 Å². The summed E-state index contributed by atoms with van der Waals surface area (Å²) in [6.07, 6.45) is 4.89. The summed E-state index contributed by atoms with van der Waals surface area (Å²) in [7, 11) is 0. The van der Waals surface area contributed by atoms with Crippen LogP contribution in [-0.2, 0) is 6.54 Å². The molecule has 18 heavy (non-hydrogen) atoms. The van der Waals surface area contributed by atoms with Crippen molar-refractivity contribution in [1.29, 1.82) is 0 Å². The van der Waals surface area contributed by atoms with Gasteiger partial charge in [-0.1, -0.05) is 22.9 Å². The van der Waals surface area contributed by atoms with E-state index in [1.807, 2.05) is 6.07 Å². The Bertz CT molecular complexity index is 453. The largest absolute Gasteiger partial charge is 0.307 e. The van der Waals surface area contributed by atoms with E-state index < -0.39 is 0 Å². The van der Waals surface area contributed by atoms with E-state index in [4.69, 9.17) is 0 Å². The smallest absolute Gasteiger partial charge is 0.270 e. The summed E-state index contributed by atoms with van der Waals surface area (Å²) in [4.78, 5) is 10.3. The lowest BCUT2D eigenvalue weighted by Gasteiger charge is -2.42. The second kappa shape index (κ2) is 5.36. The Balaban J connectivity index is 2.03. The van der Waals surface area contributed by atoms with Crippen molar-refractivity contribution >= 4 is 21.6 Å². The standard InChI is InChI=1S/C13H17BrN2O2/c1-2-13(6-3-7-13)15-9-10-4-5-11(16(17)18)8-12(10)14/h4-5,8,15H,2-3,6-7,9H2,1H3. The SMILES string of the molecule is CCC1(NCc2ccc([N+](=O)[O-])cc2Br)CCC1. The summed E-state index contributed by atoms with van der Waals surface area (Å²) in [5.74, 6) is 0. The molecule has 5 heteroatoms. The molecule has 4 nitrogen and oxygen atoms in total. The summed E-state index contributed by atoms with van der Waals surface area (Å²) in [6.45, 7) is 2.96. The molecule has 0 atom stereocenters. The van der Waals surface area contributed by atoms with Crippen LogP contribution in [0.15, 0.2) is 22.7 Å². The van der Waals surface area contributed by atoms with Crippen LogP contribution in [0.4, 0.5) is 5.69 Å². The van der Waals surface area contributed by atoms with Gasteiger partial charge in [0.25, 0.3) is 5.69 Å². The van der Waals surface area contributed by atoms with E-state index in [1.165, 1.54) is 19.3 Å². The minimum Gasteiger partial charge on any atom is -0.307 e. The Morgan fingerprint density at radius 3 is 2.67 bits per heavy atom. The van der Waals surface area contributed by atoms with Crippen molar-refractivity contribution in [2.75, 3.05) is 0 Å². The van der Waals surface area contributed by atoms with E-state index in [1.54, 1.807) is 12.1 Å². The normalized spacial score (nSPS) is 17.2. The molecule has 1 N–H and O–H groups in total. The highest BCUT2D eigenvalue weighted by molar-refractivity contribution is 9.10. The van der Waals surface area contributed by atoms with Gasteiger partial charge in [-0.05, 0) is 37.3 Å². The van der Waals surface area contributed by atoms with Gasteiger partial charge in [0.15, 0.2) is 0 Å². The zero-order valence-corrected chi connectivity index (χ0v) is 12.0. The van der Waals surface area contributed by atoms with Gasteiger partial charge < -0.3 is 5.32 Å². The first-order valence-electron chi connectivity index (χ1n) is 6.24. The Morgan fingerprint density at radius 1 is 1.50 bits per heavy atom. The fourth-order valence-electron chi connectivity index (χ4n) is 2.33. The van der Waals surface area contributed by atoms with E-state index in [-0.39, 0.29) is 10.6 Å². The van der Waals surface area contributed by atoms with Gasteiger partial charge >= 0.3 is 0 Å². The maximum atomic E-state index is 10.7. The Hall–Kier alpha value is -0.940. The minimum absolute atomic E-state index is 0.125. The summed E-state index contributed by atoms with van der Waals surface area (Å²) in [6, 6.07) is 4.94. The predicted molar refractivity (Wildman–Crippen MR) is 74.5 cm³/mol. The molecule has 1 aromatic carbocycles. The van der Waals surface area contributed by atoms with Crippen LogP contribution in [0.3, 0.4) is 0 Å². The monoisotopic (exact) mass is 312 g/mol. The molecule has 1 aliphatic carbocycles. The van der Waals surface area contributed by atoms with Crippen molar-refractivity contribution in [1.82, 2.24) is 5.32 Å². The maximum Gasteiger partial charge on any atom is 0.270 e. The van der Waals surface area contributed by atoms with Crippen LogP contribution in [0.2, 0.25) is 0 Å². The van der Waals surface area contributed by atoms with Crippen LogP contribution in [0.25, 0.3) is 0 Å². The molecule has 0 unspecified atom stereocenters. The Labute approximate surface area is 115 Å². The fourth-order valence-corrected chi connectivity index (χ4v) is 2.84. The number of rotatable bonds is 5. The number of hydrogen-bond acceptors (Lipinski definition) is 3. The van der Waals surface area contributed by atoms with Gasteiger partial charge in [-0.2, -0.15) is 0 Å². The van der Waals surface area contributed by atoms with E-state index in [0.29, 0.717) is 5.54 Å². The first-order chi connectivity index (χ1) is 8.56. The van der Waals surface area contributed by atoms with E-state index in [9.17, 15) is 10.1 Å². The fraction of sp³-hybridized carbons (Fsp3) is 0.538. The third-order valence-corrected chi connectivity index (χ3v) is 4.63. The average molecular weight is 313 g/mol. The highest BCUT2D eigenvalue weighted by Crippen LogP contribution is 2.35. The first-order valence-corrected chi connectivity index (χ1v) is 7.03. The molecule has 0 aromatic heterocycles. The number of benzene rings is 1. The lowest BCUT2D eigenvalue weighted by molar-refractivity contribution is -0.384. The Kier molecular flexibility index (Phi) is 4.02. The molecule has 0 bridgehead atoms. The van der Waals surface area contributed by atoms with Gasteiger partial charge in [-0.3, -0.25) is 10.1 Å². The van der Waals surface area contributed by atoms with Gasteiger partial charge in [0, 0.05) is 28.7 Å². The van der Waals surface area contributed by atoms with Crippen LogP contribution in [-0.4, -0.2) is 10.5 Å². The Morgan fingerprint density at radius 2 is 2.22 bits per heavy atom. The van der Waals surface area contributed by atoms with Gasteiger partial charge in [-0.15, -0.1) is 0 Å². The summed E-state index contributed by atoms with van der Waals surface area (Å²) in [5, 5.41) is 14.2. The van der Waals surface area contributed by atoms with Gasteiger partial charge in [0.1, 0.15) is 0 Å². The molecule has 0 radical (unpaired) electrons. The second-order valence-corrected chi connectivity index (χ2v) is 5.73. The van der Waals surface area contributed by atoms with Gasteiger partial charge in [-0.25, -0.2) is 0 Å². The topological polar surface area (TPSA) is 55.2 Å². The lowest BCUT2D eigenvalue weighted by Crippen LogP contribution is -2.49. The number of nitro benzene ring substituents is 1. The number of nitrogens with zero attached hydrogens (tertiary/aromatic N) is 1. The van der Waals surface area contributed by atoms with E-state index >= 15 is 0 Å². The zero-order chi connectivity index (χ0) is 13.2. The van der Waals surface area contributed by atoms with Crippen molar-refractivity contribution in [3.63, 3.8) is 0 Å².